The molecule has 164 valence electrons. The summed E-state index contributed by atoms with van der Waals surface area (Å²) in [6.45, 7) is 4.59. The van der Waals surface area contributed by atoms with Crippen LogP contribution in [0.5, 0.6) is 5.75 Å². The number of furan rings is 1. The van der Waals surface area contributed by atoms with Gasteiger partial charge in [-0.15, -0.1) is 0 Å². The van der Waals surface area contributed by atoms with Gasteiger partial charge in [-0.05, 0) is 62.4 Å². The lowest BCUT2D eigenvalue weighted by molar-refractivity contribution is -0.126. The van der Waals surface area contributed by atoms with Crippen LogP contribution in [0, 0.1) is 17.8 Å². The standard InChI is InChI=1S/C24H28N2O5/c1-24(2,29)13-10-20-8-9-21(31-20)23(28)26-14-11-18(12-15-26)22(27)25-16-17-4-6-19(30-3)7-5-17/h4-9,18,29H,11-12,14-16H2,1-3H3,(H,25,27). The lowest BCUT2D eigenvalue weighted by atomic mass is 9.95. The number of ether oxygens (including phenoxy) is 1. The van der Waals surface area contributed by atoms with E-state index >= 15 is 0 Å². The predicted molar refractivity (Wildman–Crippen MR) is 115 cm³/mol. The molecule has 0 spiro atoms. The lowest BCUT2D eigenvalue weighted by Gasteiger charge is -2.30. The number of benzene rings is 1. The minimum Gasteiger partial charge on any atom is -0.497 e. The second-order valence-corrected chi connectivity index (χ2v) is 8.11. The van der Waals surface area contributed by atoms with Crippen LogP contribution >= 0.6 is 0 Å². The van der Waals surface area contributed by atoms with Crippen LogP contribution in [-0.4, -0.2) is 47.6 Å². The minimum atomic E-state index is -1.13. The van der Waals surface area contributed by atoms with Crippen molar-refractivity contribution < 1.29 is 23.8 Å². The number of nitrogens with zero attached hydrogens (tertiary/aromatic N) is 1. The molecule has 7 nitrogen and oxygen atoms in total. The quantitative estimate of drug-likeness (QED) is 0.720. The second kappa shape index (κ2) is 9.71. The summed E-state index contributed by atoms with van der Waals surface area (Å²) in [6, 6.07) is 10.8. The fraction of sp³-hybridized carbons (Fsp3) is 0.417. The summed E-state index contributed by atoms with van der Waals surface area (Å²) in [5.41, 5.74) is -0.129. The van der Waals surface area contributed by atoms with Crippen LogP contribution in [0.3, 0.4) is 0 Å². The van der Waals surface area contributed by atoms with Crippen molar-refractivity contribution in [3.05, 3.63) is 53.5 Å². The summed E-state index contributed by atoms with van der Waals surface area (Å²) in [6.07, 6.45) is 1.21. The number of nitrogens with one attached hydrogen (secondary N) is 1. The Labute approximate surface area is 182 Å². The number of carbonyl (C=O) groups excluding carboxylic acids is 2. The molecule has 1 aromatic carbocycles. The summed E-state index contributed by atoms with van der Waals surface area (Å²) < 4.78 is 10.6. The smallest absolute Gasteiger partial charge is 0.289 e. The molecule has 0 radical (unpaired) electrons. The fourth-order valence-electron chi connectivity index (χ4n) is 3.31. The average molecular weight is 424 g/mol. The maximum Gasteiger partial charge on any atom is 0.289 e. The minimum absolute atomic E-state index is 0.00472. The first-order valence-corrected chi connectivity index (χ1v) is 10.3. The van der Waals surface area contributed by atoms with E-state index in [-0.39, 0.29) is 23.5 Å². The summed E-state index contributed by atoms with van der Waals surface area (Å²) in [5, 5.41) is 12.6. The fourth-order valence-corrected chi connectivity index (χ4v) is 3.31. The predicted octanol–water partition coefficient (Wildman–Crippen LogP) is 2.58. The van der Waals surface area contributed by atoms with Crippen LogP contribution in [0.4, 0.5) is 0 Å². The van der Waals surface area contributed by atoms with Crippen molar-refractivity contribution in [3.63, 3.8) is 0 Å². The van der Waals surface area contributed by atoms with Crippen molar-refractivity contribution in [2.45, 2.75) is 38.8 Å². The van der Waals surface area contributed by atoms with Gasteiger partial charge in [-0.3, -0.25) is 9.59 Å². The van der Waals surface area contributed by atoms with Crippen molar-refractivity contribution in [2.75, 3.05) is 20.2 Å². The lowest BCUT2D eigenvalue weighted by Crippen LogP contribution is -2.42. The number of likely N-dealkylation sites (tertiary alicyclic amines) is 1. The maximum absolute atomic E-state index is 12.7. The van der Waals surface area contributed by atoms with Crippen LogP contribution in [0.15, 0.2) is 40.8 Å². The highest BCUT2D eigenvalue weighted by atomic mass is 16.5. The molecule has 2 heterocycles. The topological polar surface area (TPSA) is 92.0 Å². The average Bonchev–Trinajstić information content (AvgIpc) is 3.25. The normalized spacial score (nSPS) is 14.5. The van der Waals surface area contributed by atoms with Gasteiger partial charge in [-0.2, -0.15) is 0 Å². The first-order chi connectivity index (χ1) is 14.7. The number of amides is 2. The first kappa shape index (κ1) is 22.4. The van der Waals surface area contributed by atoms with E-state index in [2.05, 4.69) is 17.2 Å². The molecule has 31 heavy (non-hydrogen) atoms. The summed E-state index contributed by atoms with van der Waals surface area (Å²) in [7, 11) is 1.62. The molecule has 1 aromatic heterocycles. The molecule has 0 atom stereocenters. The van der Waals surface area contributed by atoms with Crippen LogP contribution in [0.1, 0.15) is 48.6 Å². The molecule has 1 aliphatic heterocycles. The van der Waals surface area contributed by atoms with Gasteiger partial charge in [0.05, 0.1) is 7.11 Å². The van der Waals surface area contributed by atoms with Crippen LogP contribution in [0.2, 0.25) is 0 Å². The Morgan fingerprint density at radius 1 is 1.19 bits per heavy atom. The van der Waals surface area contributed by atoms with Gasteiger partial charge in [0.15, 0.2) is 11.5 Å². The molecule has 0 saturated carbocycles. The zero-order valence-corrected chi connectivity index (χ0v) is 18.1. The van der Waals surface area contributed by atoms with Gasteiger partial charge in [-0.1, -0.05) is 18.1 Å². The molecule has 0 bridgehead atoms. The number of hydrogen-bond acceptors (Lipinski definition) is 5. The van der Waals surface area contributed by atoms with E-state index in [9.17, 15) is 14.7 Å². The monoisotopic (exact) mass is 424 g/mol. The van der Waals surface area contributed by atoms with Crippen molar-refractivity contribution in [3.8, 4) is 17.6 Å². The van der Waals surface area contributed by atoms with Gasteiger partial charge in [0.1, 0.15) is 11.4 Å². The molecular formula is C24H28N2O5. The zero-order valence-electron chi connectivity index (χ0n) is 18.1. The summed E-state index contributed by atoms with van der Waals surface area (Å²) in [5.74, 6) is 6.37. The second-order valence-electron chi connectivity index (χ2n) is 8.11. The van der Waals surface area contributed by atoms with E-state index in [4.69, 9.17) is 9.15 Å². The third kappa shape index (κ3) is 6.37. The molecule has 7 heteroatoms. The van der Waals surface area contributed by atoms with E-state index in [1.54, 1.807) is 38.0 Å². The molecule has 0 aliphatic carbocycles. The Hall–Kier alpha value is -3.24. The van der Waals surface area contributed by atoms with Crippen molar-refractivity contribution in [1.82, 2.24) is 10.2 Å². The van der Waals surface area contributed by atoms with Gasteiger partial charge < -0.3 is 24.5 Å². The van der Waals surface area contributed by atoms with Gasteiger partial charge in [0, 0.05) is 25.6 Å². The number of rotatable bonds is 5. The van der Waals surface area contributed by atoms with E-state index in [0.29, 0.717) is 38.2 Å². The zero-order chi connectivity index (χ0) is 22.4. The Bertz CT molecular complexity index is 968. The van der Waals surface area contributed by atoms with Gasteiger partial charge in [0.25, 0.3) is 5.91 Å². The Morgan fingerprint density at radius 3 is 2.48 bits per heavy atom. The van der Waals surface area contributed by atoms with Crippen LogP contribution in [0.25, 0.3) is 0 Å². The molecule has 2 N–H and O–H groups in total. The highest BCUT2D eigenvalue weighted by Crippen LogP contribution is 2.20. The first-order valence-electron chi connectivity index (χ1n) is 10.3. The van der Waals surface area contributed by atoms with Gasteiger partial charge >= 0.3 is 0 Å². The van der Waals surface area contributed by atoms with Gasteiger partial charge in [-0.25, -0.2) is 0 Å². The summed E-state index contributed by atoms with van der Waals surface area (Å²) >= 11 is 0. The molecule has 1 aliphatic rings. The van der Waals surface area contributed by atoms with E-state index in [1.165, 1.54) is 0 Å². The van der Waals surface area contributed by atoms with Crippen LogP contribution in [-0.2, 0) is 11.3 Å². The maximum atomic E-state index is 12.7. The number of hydrogen-bond donors (Lipinski definition) is 2. The molecule has 2 amide bonds. The Kier molecular flexibility index (Phi) is 7.03. The van der Waals surface area contributed by atoms with Crippen molar-refractivity contribution in [1.29, 1.82) is 0 Å². The summed E-state index contributed by atoms with van der Waals surface area (Å²) in [4.78, 5) is 26.9. The van der Waals surface area contributed by atoms with Gasteiger partial charge in [0.2, 0.25) is 5.91 Å². The molecule has 2 aromatic rings. The SMILES string of the molecule is COc1ccc(CNC(=O)C2CCN(C(=O)c3ccc(C#CC(C)(C)O)o3)CC2)cc1. The highest BCUT2D eigenvalue weighted by molar-refractivity contribution is 5.92. The number of carbonyl (C=O) groups is 2. The molecule has 3 rings (SSSR count). The highest BCUT2D eigenvalue weighted by Gasteiger charge is 2.28. The molecule has 0 unspecified atom stereocenters. The van der Waals surface area contributed by atoms with E-state index < -0.39 is 5.60 Å². The van der Waals surface area contributed by atoms with Crippen molar-refractivity contribution in [2.24, 2.45) is 5.92 Å². The van der Waals surface area contributed by atoms with E-state index in [0.717, 1.165) is 11.3 Å². The Morgan fingerprint density at radius 2 is 1.87 bits per heavy atom. The van der Waals surface area contributed by atoms with Crippen molar-refractivity contribution >= 4 is 11.8 Å². The molecular weight excluding hydrogens is 396 g/mol. The Balaban J connectivity index is 1.48. The third-order valence-electron chi connectivity index (χ3n) is 5.09. The number of methoxy groups -OCH3 is 1. The molecule has 1 saturated heterocycles. The molecule has 1 fully saturated rings. The number of aliphatic hydroxyl groups is 1. The van der Waals surface area contributed by atoms with Crippen LogP contribution < -0.4 is 10.1 Å². The largest absolute Gasteiger partial charge is 0.497 e. The van der Waals surface area contributed by atoms with E-state index in [1.807, 2.05) is 24.3 Å². The number of piperidine rings is 1. The third-order valence-corrected chi connectivity index (χ3v) is 5.09.